The van der Waals surface area contributed by atoms with E-state index < -0.39 is 16.5 Å². The van der Waals surface area contributed by atoms with E-state index in [0.29, 0.717) is 0 Å². The molecule has 0 amide bonds. The van der Waals surface area contributed by atoms with Crippen LogP contribution in [-0.2, 0) is 16.5 Å². The monoisotopic (exact) mass is 827 g/mol. The molecule has 0 aromatic carbocycles. The van der Waals surface area contributed by atoms with E-state index in [1.54, 1.807) is 193 Å². The predicted octanol–water partition coefficient (Wildman–Crippen LogP) is 13.8. The number of rotatable bonds is 6. The van der Waals surface area contributed by atoms with Crippen molar-refractivity contribution >= 4 is 34.7 Å². The summed E-state index contributed by atoms with van der Waals surface area (Å²) in [7, 11) is 9.66. The fourth-order valence-electron chi connectivity index (χ4n) is 10.6. The Kier molecular flexibility index (Phi) is 19.2. The standard InChI is InChI=1S/2C18H33P.2ClH.Pt/c2*1-4-10-16(11-5-1)19(17-12-6-2-7-13-17)18-14-8-3-9-15-18;;;/h2*16-18H,1-15H2;2*1H;/q;;;;+2. The zero-order valence-corrected chi connectivity index (χ0v) is 32.5. The molecule has 6 aliphatic carbocycles. The molecule has 0 aromatic heterocycles. The molecule has 0 unspecified atom stereocenters. The predicted molar refractivity (Wildman–Crippen MR) is 190 cm³/mol. The van der Waals surface area contributed by atoms with Crippen LogP contribution in [0.25, 0.3) is 0 Å². The Hall–Kier alpha value is 2.13. The van der Waals surface area contributed by atoms with Crippen molar-refractivity contribution in [3.05, 3.63) is 0 Å². The van der Waals surface area contributed by atoms with Crippen LogP contribution in [0.5, 0.6) is 0 Å². The summed E-state index contributed by atoms with van der Waals surface area (Å²) in [5.74, 6) is 0. The molecule has 6 aliphatic rings. The molecule has 0 heterocycles. The quantitative estimate of drug-likeness (QED) is 0.234. The summed E-state index contributed by atoms with van der Waals surface area (Å²) in [6, 6.07) is 0. The van der Waals surface area contributed by atoms with Crippen molar-refractivity contribution in [1.82, 2.24) is 0 Å². The zero-order chi connectivity index (χ0) is 28.5. The van der Waals surface area contributed by atoms with Crippen molar-refractivity contribution in [3.63, 3.8) is 0 Å². The molecule has 41 heavy (non-hydrogen) atoms. The maximum atomic E-state index is 4.88. The molecule has 0 nitrogen and oxygen atoms in total. The SMILES string of the molecule is C1CCC([PH+](C2CCCCC2)C2CCCCC2)CC1.C1CCC([PH+](C2CCCCC2)C2CCCCC2)CC1.[Cl][Pt][Cl]. The molecule has 244 valence electrons. The second kappa shape index (κ2) is 21.8. The topological polar surface area (TPSA) is 0 Å². The first-order valence-corrected chi connectivity index (χ1v) is 28.0. The van der Waals surface area contributed by atoms with E-state index in [4.69, 9.17) is 18.8 Å². The Morgan fingerprint density at radius 1 is 0.268 bits per heavy atom. The average molecular weight is 829 g/mol. The van der Waals surface area contributed by atoms with E-state index in [9.17, 15) is 0 Å². The summed E-state index contributed by atoms with van der Waals surface area (Å²) < 4.78 is 0. The second-order valence-electron chi connectivity index (χ2n) is 15.1. The van der Waals surface area contributed by atoms with Gasteiger partial charge < -0.3 is 0 Å². The van der Waals surface area contributed by atoms with Gasteiger partial charge in [-0.1, -0.05) is 38.5 Å². The minimum atomic E-state index is -0.472. The molecule has 0 saturated heterocycles. The molecule has 6 saturated carbocycles. The molecule has 0 N–H and O–H groups in total. The van der Waals surface area contributed by atoms with Crippen LogP contribution < -0.4 is 0 Å². The molecular formula is C36H68Cl2P2Pt+2. The molecule has 6 fully saturated rings. The van der Waals surface area contributed by atoms with E-state index in [0.717, 1.165) is 0 Å². The first-order valence-electron chi connectivity index (χ1n) is 18.9. The van der Waals surface area contributed by atoms with Gasteiger partial charge in [0.1, 0.15) is 0 Å². The van der Waals surface area contributed by atoms with Gasteiger partial charge in [0.15, 0.2) is 0 Å². The van der Waals surface area contributed by atoms with E-state index in [1.165, 1.54) is 34.0 Å². The van der Waals surface area contributed by atoms with Crippen LogP contribution in [0.2, 0.25) is 0 Å². The molecule has 0 aromatic rings. The molecule has 0 radical (unpaired) electrons. The maximum absolute atomic E-state index is 4.88. The number of hydrogen-bond acceptors (Lipinski definition) is 0. The van der Waals surface area contributed by atoms with E-state index in [1.807, 2.05) is 0 Å². The van der Waals surface area contributed by atoms with Crippen molar-refractivity contribution < 1.29 is 16.5 Å². The van der Waals surface area contributed by atoms with E-state index in [2.05, 4.69) is 0 Å². The summed E-state index contributed by atoms with van der Waals surface area (Å²) in [4.78, 5) is 0. The van der Waals surface area contributed by atoms with Crippen LogP contribution in [0.3, 0.4) is 0 Å². The van der Waals surface area contributed by atoms with Crippen LogP contribution in [-0.4, -0.2) is 34.0 Å². The molecule has 0 spiro atoms. The summed E-state index contributed by atoms with van der Waals surface area (Å²) in [6.45, 7) is 0. The van der Waals surface area contributed by atoms with Gasteiger partial charge in [0, 0.05) is 15.8 Å². The average Bonchev–Trinajstić information content (AvgIpc) is 3.05. The third-order valence-corrected chi connectivity index (χ3v) is 21.6. The fraction of sp³-hybridized carbons (Fsp3) is 1.00. The van der Waals surface area contributed by atoms with Gasteiger partial charge in [-0.2, -0.15) is 0 Å². The molecule has 6 rings (SSSR count). The Labute approximate surface area is 276 Å². The van der Waals surface area contributed by atoms with Crippen molar-refractivity contribution in [1.29, 1.82) is 0 Å². The summed E-state index contributed by atoms with van der Waals surface area (Å²) in [5, 5.41) is 0. The molecular weight excluding hydrogens is 760 g/mol. The first kappa shape index (κ1) is 36.0. The van der Waals surface area contributed by atoms with Crippen LogP contribution >= 0.6 is 34.7 Å². The van der Waals surface area contributed by atoms with Gasteiger partial charge in [0.2, 0.25) is 0 Å². The molecule has 0 aliphatic heterocycles. The summed E-state index contributed by atoms with van der Waals surface area (Å²) >= 11 is -0.472. The zero-order valence-electron chi connectivity index (χ0n) is 26.7. The van der Waals surface area contributed by atoms with Crippen molar-refractivity contribution in [2.75, 3.05) is 0 Å². The Morgan fingerprint density at radius 3 is 0.512 bits per heavy atom. The summed E-state index contributed by atoms with van der Waals surface area (Å²) in [6.07, 6.45) is 47.6. The molecule has 0 bridgehead atoms. The number of hydrogen-bond donors (Lipinski definition) is 0. The fourth-order valence-corrected chi connectivity index (χ4v) is 21.1. The van der Waals surface area contributed by atoms with Gasteiger partial charge >= 0.3 is 35.3 Å². The summed E-state index contributed by atoms with van der Waals surface area (Å²) in [5.41, 5.74) is 7.36. The van der Waals surface area contributed by atoms with Crippen LogP contribution in [0.1, 0.15) is 193 Å². The third kappa shape index (κ3) is 12.3. The minimum absolute atomic E-state index is 0.0465. The van der Waals surface area contributed by atoms with Crippen molar-refractivity contribution in [2.24, 2.45) is 0 Å². The Bertz CT molecular complexity index is 490. The first-order chi connectivity index (χ1) is 20.3. The normalized spacial score (nSPS) is 27.3. The van der Waals surface area contributed by atoms with Gasteiger partial charge in [-0.25, -0.2) is 0 Å². The number of halogens is 2. The molecule has 0 atom stereocenters. The van der Waals surface area contributed by atoms with Gasteiger partial charge in [0.05, 0.1) is 34.0 Å². The van der Waals surface area contributed by atoms with Crippen LogP contribution in [0.15, 0.2) is 0 Å². The second-order valence-corrected chi connectivity index (χ2v) is 25.2. The van der Waals surface area contributed by atoms with Gasteiger partial charge in [-0.3, -0.25) is 0 Å². The third-order valence-electron chi connectivity index (χ3n) is 12.5. The van der Waals surface area contributed by atoms with Crippen molar-refractivity contribution in [3.8, 4) is 0 Å². The Morgan fingerprint density at radius 2 is 0.390 bits per heavy atom. The van der Waals surface area contributed by atoms with Crippen molar-refractivity contribution in [2.45, 2.75) is 227 Å². The van der Waals surface area contributed by atoms with E-state index >= 15 is 0 Å². The molecule has 5 heteroatoms. The van der Waals surface area contributed by atoms with Crippen LogP contribution in [0, 0.1) is 0 Å². The van der Waals surface area contributed by atoms with Crippen LogP contribution in [0.4, 0.5) is 0 Å². The van der Waals surface area contributed by atoms with Gasteiger partial charge in [0.25, 0.3) is 0 Å². The Balaban J connectivity index is 0.000000173. The van der Waals surface area contributed by atoms with E-state index in [-0.39, 0.29) is 15.8 Å². The van der Waals surface area contributed by atoms with Gasteiger partial charge in [-0.05, 0) is 154 Å². The van der Waals surface area contributed by atoms with Gasteiger partial charge in [-0.15, -0.1) is 0 Å².